The fourth-order valence-electron chi connectivity index (χ4n) is 3.45. The first-order chi connectivity index (χ1) is 16.5. The van der Waals surface area contributed by atoms with Gasteiger partial charge in [0.25, 0.3) is 5.91 Å². The summed E-state index contributed by atoms with van der Waals surface area (Å²) < 4.78 is 49.9. The van der Waals surface area contributed by atoms with E-state index in [2.05, 4.69) is 16.0 Å². The van der Waals surface area contributed by atoms with Gasteiger partial charge in [-0.05, 0) is 49.7 Å². The molecule has 3 rings (SSSR count). The molecular formula is C23H22F3N3O6. The zero-order chi connectivity index (χ0) is 25.8. The fraction of sp³-hybridized carbons (Fsp3) is 0.261. The van der Waals surface area contributed by atoms with Gasteiger partial charge in [0.05, 0.1) is 23.8 Å². The maximum Gasteiger partial charge on any atom is 0.416 e. The third-order valence-electron chi connectivity index (χ3n) is 4.91. The molecule has 4 N–H and O–H groups in total. The van der Waals surface area contributed by atoms with Gasteiger partial charge in [-0.1, -0.05) is 12.1 Å². The van der Waals surface area contributed by atoms with Gasteiger partial charge in [-0.15, -0.1) is 0 Å². The molecule has 0 spiro atoms. The Morgan fingerprint density at radius 3 is 2.51 bits per heavy atom. The first kappa shape index (κ1) is 25.4. The van der Waals surface area contributed by atoms with Crippen molar-refractivity contribution in [2.24, 2.45) is 0 Å². The molecule has 0 radical (unpaired) electrons. The first-order valence-electron chi connectivity index (χ1n) is 10.4. The minimum absolute atomic E-state index is 0.0589. The number of benzene rings is 2. The van der Waals surface area contributed by atoms with Crippen LogP contribution in [0, 0.1) is 0 Å². The lowest BCUT2D eigenvalue weighted by Crippen LogP contribution is -2.46. The van der Waals surface area contributed by atoms with Crippen LogP contribution in [-0.4, -0.2) is 36.2 Å². The van der Waals surface area contributed by atoms with Crippen molar-refractivity contribution in [3.8, 4) is 11.5 Å². The molecule has 186 valence electrons. The van der Waals surface area contributed by atoms with Gasteiger partial charge in [0.1, 0.15) is 0 Å². The summed E-state index contributed by atoms with van der Waals surface area (Å²) in [6.07, 6.45) is -4.58. The van der Waals surface area contributed by atoms with E-state index in [0.717, 1.165) is 12.1 Å². The standard InChI is InChI=1S/C23H22F3N3O6/c1-3-34-17-9-13(7-8-16(17)35-11-18(30)31)20-19(12(2)27-22(33)29-20)21(32)28-15-6-4-5-14(10-15)23(24,25)26/h4-10,20H,3,11H2,1-2H3,(H,28,32)(H,30,31)(H2,27,29,33)/t20-/m1/s1. The third kappa shape index (κ3) is 6.22. The van der Waals surface area contributed by atoms with Crippen molar-refractivity contribution in [2.75, 3.05) is 18.5 Å². The molecule has 0 fully saturated rings. The highest BCUT2D eigenvalue weighted by Gasteiger charge is 2.33. The molecule has 0 saturated carbocycles. The SMILES string of the molecule is CCOc1cc([C@H]2NC(=O)NC(C)=C2C(=O)Nc2cccc(C(F)(F)F)c2)ccc1OCC(=O)O. The Morgan fingerprint density at radius 2 is 1.86 bits per heavy atom. The van der Waals surface area contributed by atoms with E-state index >= 15 is 0 Å². The molecule has 0 bridgehead atoms. The molecule has 1 aliphatic rings. The van der Waals surface area contributed by atoms with E-state index < -0.39 is 42.3 Å². The zero-order valence-electron chi connectivity index (χ0n) is 18.7. The average molecular weight is 493 g/mol. The number of anilines is 1. The molecule has 0 saturated heterocycles. The number of halogens is 3. The van der Waals surface area contributed by atoms with Crippen LogP contribution in [0.4, 0.5) is 23.7 Å². The molecule has 9 nitrogen and oxygen atoms in total. The predicted octanol–water partition coefficient (Wildman–Crippen LogP) is 3.83. The quantitative estimate of drug-likeness (QED) is 0.443. The summed E-state index contributed by atoms with van der Waals surface area (Å²) in [6.45, 7) is 2.81. The number of nitrogens with one attached hydrogen (secondary N) is 3. The molecule has 2 aromatic rings. The number of rotatable bonds is 8. The number of alkyl halides is 3. The van der Waals surface area contributed by atoms with Crippen LogP contribution in [0.2, 0.25) is 0 Å². The highest BCUT2D eigenvalue weighted by Crippen LogP contribution is 2.35. The lowest BCUT2D eigenvalue weighted by atomic mass is 9.94. The molecule has 2 aromatic carbocycles. The molecule has 0 aromatic heterocycles. The van der Waals surface area contributed by atoms with Gasteiger partial charge in [-0.25, -0.2) is 9.59 Å². The Kier molecular flexibility index (Phi) is 7.52. The second-order valence-electron chi connectivity index (χ2n) is 7.42. The maximum absolute atomic E-state index is 13.1. The molecule has 0 unspecified atom stereocenters. The smallest absolute Gasteiger partial charge is 0.416 e. The Hall–Kier alpha value is -4.22. The van der Waals surface area contributed by atoms with Gasteiger partial charge >= 0.3 is 18.2 Å². The van der Waals surface area contributed by atoms with E-state index in [1.807, 2.05) is 0 Å². The van der Waals surface area contributed by atoms with E-state index in [-0.39, 0.29) is 35.1 Å². The number of carbonyl (C=O) groups excluding carboxylic acids is 2. The van der Waals surface area contributed by atoms with Crippen LogP contribution < -0.4 is 25.4 Å². The Morgan fingerprint density at radius 1 is 1.11 bits per heavy atom. The molecular weight excluding hydrogens is 471 g/mol. The molecule has 1 heterocycles. The highest BCUT2D eigenvalue weighted by molar-refractivity contribution is 6.06. The lowest BCUT2D eigenvalue weighted by Gasteiger charge is -2.29. The van der Waals surface area contributed by atoms with Crippen LogP contribution in [0.1, 0.15) is 31.0 Å². The van der Waals surface area contributed by atoms with Gasteiger partial charge in [0, 0.05) is 11.4 Å². The summed E-state index contributed by atoms with van der Waals surface area (Å²) in [5.41, 5.74) is -0.338. The third-order valence-corrected chi connectivity index (χ3v) is 4.91. The van der Waals surface area contributed by atoms with Crippen LogP contribution in [0.3, 0.4) is 0 Å². The van der Waals surface area contributed by atoms with E-state index in [1.165, 1.54) is 37.3 Å². The normalized spacial score (nSPS) is 15.7. The largest absolute Gasteiger partial charge is 0.490 e. The average Bonchev–Trinajstić information content (AvgIpc) is 2.77. The van der Waals surface area contributed by atoms with E-state index in [0.29, 0.717) is 5.56 Å². The molecule has 12 heteroatoms. The van der Waals surface area contributed by atoms with Crippen LogP contribution in [0.15, 0.2) is 53.7 Å². The maximum atomic E-state index is 13.1. The lowest BCUT2D eigenvalue weighted by molar-refractivity contribution is -0.139. The zero-order valence-corrected chi connectivity index (χ0v) is 18.7. The fourth-order valence-corrected chi connectivity index (χ4v) is 3.45. The molecule has 35 heavy (non-hydrogen) atoms. The number of allylic oxidation sites excluding steroid dienone is 1. The summed E-state index contributed by atoms with van der Waals surface area (Å²) in [6, 6.07) is 7.04. The Balaban J connectivity index is 1.95. The van der Waals surface area contributed by atoms with Crippen LogP contribution in [0.5, 0.6) is 11.5 Å². The number of hydrogen-bond donors (Lipinski definition) is 4. The van der Waals surface area contributed by atoms with E-state index in [9.17, 15) is 27.6 Å². The number of carboxylic acids is 1. The van der Waals surface area contributed by atoms with Crippen LogP contribution in [-0.2, 0) is 15.8 Å². The van der Waals surface area contributed by atoms with E-state index in [4.69, 9.17) is 14.6 Å². The van der Waals surface area contributed by atoms with Gasteiger partial charge in [0.2, 0.25) is 0 Å². The van der Waals surface area contributed by atoms with Gasteiger partial charge in [0.15, 0.2) is 18.1 Å². The topological polar surface area (TPSA) is 126 Å². The predicted molar refractivity (Wildman–Crippen MR) is 118 cm³/mol. The second-order valence-corrected chi connectivity index (χ2v) is 7.42. The number of aliphatic carboxylic acids is 1. The van der Waals surface area contributed by atoms with Crippen molar-refractivity contribution < 1.29 is 42.1 Å². The van der Waals surface area contributed by atoms with Crippen LogP contribution >= 0.6 is 0 Å². The van der Waals surface area contributed by atoms with Crippen molar-refractivity contribution in [3.63, 3.8) is 0 Å². The molecule has 1 aliphatic heterocycles. The molecule has 3 amide bonds. The molecule has 1 atom stereocenters. The van der Waals surface area contributed by atoms with E-state index in [1.54, 1.807) is 6.92 Å². The van der Waals surface area contributed by atoms with Crippen LogP contribution in [0.25, 0.3) is 0 Å². The summed E-state index contributed by atoms with van der Waals surface area (Å²) >= 11 is 0. The number of carboxylic acid groups (broad SMARTS) is 1. The Bertz CT molecular complexity index is 1180. The monoisotopic (exact) mass is 493 g/mol. The first-order valence-corrected chi connectivity index (χ1v) is 10.4. The van der Waals surface area contributed by atoms with Crippen molar-refractivity contribution in [2.45, 2.75) is 26.1 Å². The summed E-state index contributed by atoms with van der Waals surface area (Å²) in [5, 5.41) is 16.4. The minimum Gasteiger partial charge on any atom is -0.490 e. The van der Waals surface area contributed by atoms with Crippen molar-refractivity contribution >= 4 is 23.6 Å². The van der Waals surface area contributed by atoms with Gasteiger partial charge in [-0.2, -0.15) is 13.2 Å². The highest BCUT2D eigenvalue weighted by atomic mass is 19.4. The number of hydrogen-bond acceptors (Lipinski definition) is 5. The Labute approximate surface area is 197 Å². The number of ether oxygens (including phenoxy) is 2. The number of carbonyl (C=O) groups is 3. The van der Waals surface area contributed by atoms with Gasteiger partial charge in [-0.3, -0.25) is 4.79 Å². The number of amides is 3. The molecule has 0 aliphatic carbocycles. The van der Waals surface area contributed by atoms with Crippen molar-refractivity contribution in [3.05, 3.63) is 64.9 Å². The number of urea groups is 1. The van der Waals surface area contributed by atoms with Crippen molar-refractivity contribution in [1.29, 1.82) is 0 Å². The van der Waals surface area contributed by atoms with Crippen molar-refractivity contribution in [1.82, 2.24) is 10.6 Å². The summed E-state index contributed by atoms with van der Waals surface area (Å²) in [5.74, 6) is -1.58. The summed E-state index contributed by atoms with van der Waals surface area (Å²) in [7, 11) is 0. The van der Waals surface area contributed by atoms with Gasteiger partial charge < -0.3 is 30.5 Å². The second kappa shape index (κ2) is 10.4. The summed E-state index contributed by atoms with van der Waals surface area (Å²) in [4.78, 5) is 36.1. The minimum atomic E-state index is -4.58.